The lowest BCUT2D eigenvalue weighted by Crippen LogP contribution is -2.42. The molecule has 0 radical (unpaired) electrons. The Labute approximate surface area is 145 Å². The van der Waals surface area contributed by atoms with Gasteiger partial charge < -0.3 is 10.6 Å². The number of piperidine rings is 1. The van der Waals surface area contributed by atoms with Gasteiger partial charge in [0.15, 0.2) is 5.78 Å². The second kappa shape index (κ2) is 9.58. The fourth-order valence-corrected chi connectivity index (χ4v) is 3.11. The van der Waals surface area contributed by atoms with Gasteiger partial charge in [-0.1, -0.05) is 44.0 Å². The largest absolute Gasteiger partial charge is 0.343 e. The Kier molecular flexibility index (Phi) is 7.44. The van der Waals surface area contributed by atoms with Crippen molar-refractivity contribution in [3.05, 3.63) is 35.4 Å². The van der Waals surface area contributed by atoms with Crippen molar-refractivity contribution in [2.24, 2.45) is 5.73 Å². The molecule has 1 amide bonds. The quantitative estimate of drug-likeness (QED) is 0.587. The Morgan fingerprint density at radius 1 is 1.08 bits per heavy atom. The number of hydrogen-bond acceptors (Lipinski definition) is 3. The fraction of sp³-hybridized carbons (Fsp3) is 0.600. The van der Waals surface area contributed by atoms with Crippen LogP contribution >= 0.6 is 0 Å². The molecule has 4 heteroatoms. The van der Waals surface area contributed by atoms with Gasteiger partial charge in [-0.25, -0.2) is 0 Å². The third-order valence-corrected chi connectivity index (χ3v) is 4.80. The molecular formula is C20H30N2O2. The molecule has 0 unspecified atom stereocenters. The third-order valence-electron chi connectivity index (χ3n) is 4.80. The molecule has 2 N–H and O–H groups in total. The Morgan fingerprint density at radius 3 is 2.38 bits per heavy atom. The highest BCUT2D eigenvalue weighted by Gasteiger charge is 2.21. The highest BCUT2D eigenvalue weighted by atomic mass is 16.2. The van der Waals surface area contributed by atoms with Gasteiger partial charge in [0.25, 0.3) is 0 Å². The lowest BCUT2D eigenvalue weighted by atomic mass is 10.0. The van der Waals surface area contributed by atoms with Crippen LogP contribution in [-0.4, -0.2) is 35.7 Å². The molecule has 1 aliphatic rings. The molecule has 1 heterocycles. The predicted molar refractivity (Wildman–Crippen MR) is 97.0 cm³/mol. The summed E-state index contributed by atoms with van der Waals surface area (Å²) in [5.74, 6) is 0.128. The zero-order valence-corrected chi connectivity index (χ0v) is 14.8. The number of carbonyl (C=O) groups is 2. The number of nitrogens with zero attached hydrogens (tertiary/aromatic N) is 1. The van der Waals surface area contributed by atoms with E-state index < -0.39 is 0 Å². The molecule has 0 saturated carbocycles. The first kappa shape index (κ1) is 18.7. The van der Waals surface area contributed by atoms with Crippen LogP contribution in [0.3, 0.4) is 0 Å². The summed E-state index contributed by atoms with van der Waals surface area (Å²) in [6, 6.07) is 8.08. The summed E-state index contributed by atoms with van der Waals surface area (Å²) in [4.78, 5) is 26.3. The number of carbonyl (C=O) groups excluding carboxylic acids is 2. The maximum Gasteiger partial charge on any atom is 0.223 e. The summed E-state index contributed by atoms with van der Waals surface area (Å²) in [5.41, 5.74) is 7.84. The topological polar surface area (TPSA) is 63.4 Å². The number of ketones is 1. The molecule has 0 aliphatic carbocycles. The summed E-state index contributed by atoms with van der Waals surface area (Å²) in [5, 5.41) is 0. The van der Waals surface area contributed by atoms with Crippen LogP contribution in [0.5, 0.6) is 0 Å². The summed E-state index contributed by atoms with van der Waals surface area (Å²) >= 11 is 0. The molecule has 1 aromatic carbocycles. The van der Waals surface area contributed by atoms with Crippen LogP contribution in [0.15, 0.2) is 24.3 Å². The number of benzene rings is 1. The molecule has 1 saturated heterocycles. The van der Waals surface area contributed by atoms with Crippen molar-refractivity contribution in [1.82, 2.24) is 4.90 Å². The van der Waals surface area contributed by atoms with E-state index in [4.69, 9.17) is 5.73 Å². The minimum atomic E-state index is 0.0529. The molecule has 0 atom stereocenters. The minimum Gasteiger partial charge on any atom is -0.343 e. The summed E-state index contributed by atoms with van der Waals surface area (Å²) < 4.78 is 0. The van der Waals surface area contributed by atoms with Crippen LogP contribution < -0.4 is 5.73 Å². The van der Waals surface area contributed by atoms with E-state index in [-0.39, 0.29) is 24.2 Å². The average molecular weight is 330 g/mol. The molecule has 4 nitrogen and oxygen atoms in total. The second-order valence-corrected chi connectivity index (χ2v) is 6.80. The zero-order chi connectivity index (χ0) is 17.4. The van der Waals surface area contributed by atoms with Crippen LogP contribution in [0.2, 0.25) is 0 Å². The number of amides is 1. The third kappa shape index (κ3) is 5.75. The fourth-order valence-electron chi connectivity index (χ4n) is 3.11. The Balaban J connectivity index is 1.76. The van der Waals surface area contributed by atoms with Crippen LogP contribution in [0.4, 0.5) is 0 Å². The maximum absolute atomic E-state index is 12.3. The van der Waals surface area contributed by atoms with E-state index >= 15 is 0 Å². The van der Waals surface area contributed by atoms with Crippen molar-refractivity contribution in [2.45, 2.75) is 64.3 Å². The lowest BCUT2D eigenvalue weighted by Gasteiger charge is -2.30. The number of rotatable bonds is 8. The van der Waals surface area contributed by atoms with Crippen molar-refractivity contribution in [3.8, 4) is 0 Å². The van der Waals surface area contributed by atoms with Crippen molar-refractivity contribution < 1.29 is 9.59 Å². The van der Waals surface area contributed by atoms with Crippen molar-refractivity contribution in [1.29, 1.82) is 0 Å². The van der Waals surface area contributed by atoms with Gasteiger partial charge in [0.2, 0.25) is 5.91 Å². The average Bonchev–Trinajstić information content (AvgIpc) is 2.61. The smallest absolute Gasteiger partial charge is 0.223 e. The van der Waals surface area contributed by atoms with E-state index in [1.165, 1.54) is 24.8 Å². The van der Waals surface area contributed by atoms with Crippen LogP contribution in [0, 0.1) is 0 Å². The second-order valence-electron chi connectivity index (χ2n) is 6.80. The summed E-state index contributed by atoms with van der Waals surface area (Å²) in [6.45, 7) is 3.64. The van der Waals surface area contributed by atoms with Gasteiger partial charge in [0.05, 0.1) is 0 Å². The standard InChI is InChI=1S/C20H30N2O2/c1-2-3-4-5-16-6-8-17(9-7-16)19(23)10-11-20(24)22-14-12-18(21)13-15-22/h6-9,18H,2-5,10-15,21H2,1H3. The maximum atomic E-state index is 12.3. The van der Waals surface area contributed by atoms with E-state index in [9.17, 15) is 9.59 Å². The van der Waals surface area contributed by atoms with Gasteiger partial charge in [0.1, 0.15) is 0 Å². The Hall–Kier alpha value is -1.68. The SMILES string of the molecule is CCCCCc1ccc(C(=O)CCC(=O)N2CCC(N)CC2)cc1. The van der Waals surface area contributed by atoms with E-state index in [0.29, 0.717) is 12.0 Å². The van der Waals surface area contributed by atoms with E-state index in [0.717, 1.165) is 32.4 Å². The van der Waals surface area contributed by atoms with Gasteiger partial charge in [0, 0.05) is 37.5 Å². The predicted octanol–water partition coefficient (Wildman–Crippen LogP) is 3.33. The first-order valence-corrected chi connectivity index (χ1v) is 9.25. The van der Waals surface area contributed by atoms with Crippen molar-refractivity contribution in [2.75, 3.05) is 13.1 Å². The molecule has 24 heavy (non-hydrogen) atoms. The zero-order valence-electron chi connectivity index (χ0n) is 14.8. The van der Waals surface area contributed by atoms with Crippen LogP contribution in [-0.2, 0) is 11.2 Å². The lowest BCUT2D eigenvalue weighted by molar-refractivity contribution is -0.132. The van der Waals surface area contributed by atoms with Crippen LogP contribution in [0.1, 0.15) is 67.8 Å². The normalized spacial score (nSPS) is 15.5. The number of hydrogen-bond donors (Lipinski definition) is 1. The Bertz CT molecular complexity index is 531. The molecule has 1 fully saturated rings. The number of likely N-dealkylation sites (tertiary alicyclic amines) is 1. The highest BCUT2D eigenvalue weighted by molar-refractivity contribution is 5.98. The van der Waals surface area contributed by atoms with E-state index in [1.807, 2.05) is 29.2 Å². The van der Waals surface area contributed by atoms with E-state index in [2.05, 4.69) is 6.92 Å². The molecule has 0 spiro atoms. The van der Waals surface area contributed by atoms with Crippen molar-refractivity contribution in [3.63, 3.8) is 0 Å². The molecule has 1 aliphatic heterocycles. The first-order valence-electron chi connectivity index (χ1n) is 9.25. The summed E-state index contributed by atoms with van der Waals surface area (Å²) in [6.07, 6.45) is 7.02. The van der Waals surface area contributed by atoms with Gasteiger partial charge in [-0.15, -0.1) is 0 Å². The van der Waals surface area contributed by atoms with Gasteiger partial charge >= 0.3 is 0 Å². The molecule has 2 rings (SSSR count). The molecule has 0 aromatic heterocycles. The number of Topliss-reactive ketones (excluding diaryl/α,β-unsaturated/α-hetero) is 1. The highest BCUT2D eigenvalue weighted by Crippen LogP contribution is 2.14. The van der Waals surface area contributed by atoms with Gasteiger partial charge in [-0.3, -0.25) is 9.59 Å². The van der Waals surface area contributed by atoms with Gasteiger partial charge in [-0.05, 0) is 31.2 Å². The van der Waals surface area contributed by atoms with E-state index in [1.54, 1.807) is 0 Å². The first-order chi connectivity index (χ1) is 11.6. The number of aryl methyl sites for hydroxylation is 1. The molecule has 1 aromatic rings. The summed E-state index contributed by atoms with van der Waals surface area (Å²) in [7, 11) is 0. The number of nitrogens with two attached hydrogens (primary N) is 1. The minimum absolute atomic E-state index is 0.0529. The molecule has 0 bridgehead atoms. The monoisotopic (exact) mass is 330 g/mol. The molecular weight excluding hydrogens is 300 g/mol. The number of unbranched alkanes of at least 4 members (excludes halogenated alkanes) is 2. The van der Waals surface area contributed by atoms with Gasteiger partial charge in [-0.2, -0.15) is 0 Å². The Morgan fingerprint density at radius 2 is 1.75 bits per heavy atom. The molecule has 132 valence electrons. The van der Waals surface area contributed by atoms with Crippen LogP contribution in [0.25, 0.3) is 0 Å². The van der Waals surface area contributed by atoms with Crippen molar-refractivity contribution >= 4 is 11.7 Å².